The zero-order valence-electron chi connectivity index (χ0n) is 10.9. The van der Waals surface area contributed by atoms with Crippen LogP contribution in [0.2, 0.25) is 0 Å². The summed E-state index contributed by atoms with van der Waals surface area (Å²) in [5, 5.41) is 51.8. The van der Waals surface area contributed by atoms with Gasteiger partial charge in [-0.3, -0.25) is 10.1 Å². The number of rotatable bonds is 4. The first-order valence-corrected chi connectivity index (χ1v) is 6.26. The van der Waals surface area contributed by atoms with Crippen LogP contribution in [-0.2, 0) is 4.74 Å². The molecular formula is C12H16N2O7. The van der Waals surface area contributed by atoms with E-state index < -0.39 is 42.2 Å². The molecule has 5 atom stereocenters. The Balaban J connectivity index is 2.20. The number of nitrogens with zero attached hydrogens (tertiary/aromatic N) is 1. The molecule has 1 saturated heterocycles. The quantitative estimate of drug-likeness (QED) is 0.344. The Bertz CT molecular complexity index is 510. The fourth-order valence-electron chi connectivity index (χ4n) is 2.13. The molecule has 0 amide bonds. The number of anilines is 1. The molecule has 1 aliphatic heterocycles. The summed E-state index contributed by atoms with van der Waals surface area (Å²) in [6.07, 6.45) is -6.82. The Labute approximate surface area is 119 Å². The van der Waals surface area contributed by atoms with Crippen LogP contribution in [0.1, 0.15) is 0 Å². The number of benzene rings is 1. The first-order chi connectivity index (χ1) is 9.95. The van der Waals surface area contributed by atoms with Crippen molar-refractivity contribution in [3.8, 4) is 0 Å². The van der Waals surface area contributed by atoms with Crippen molar-refractivity contribution in [1.29, 1.82) is 0 Å². The van der Waals surface area contributed by atoms with Gasteiger partial charge in [0.15, 0.2) is 6.23 Å². The number of ether oxygens (including phenoxy) is 1. The van der Waals surface area contributed by atoms with Gasteiger partial charge in [0.25, 0.3) is 5.69 Å². The smallest absolute Gasteiger partial charge is 0.292 e. The monoisotopic (exact) mass is 300 g/mol. The molecule has 5 N–H and O–H groups in total. The fourth-order valence-corrected chi connectivity index (χ4v) is 2.13. The molecule has 1 fully saturated rings. The van der Waals surface area contributed by atoms with Gasteiger partial charge in [-0.1, -0.05) is 12.1 Å². The third kappa shape index (κ3) is 3.12. The number of hydrogen-bond donors (Lipinski definition) is 5. The number of hydrogen-bond acceptors (Lipinski definition) is 8. The third-order valence-corrected chi connectivity index (χ3v) is 3.29. The van der Waals surface area contributed by atoms with Crippen molar-refractivity contribution >= 4 is 11.4 Å². The van der Waals surface area contributed by atoms with Crippen molar-refractivity contribution in [3.05, 3.63) is 34.4 Å². The van der Waals surface area contributed by atoms with Gasteiger partial charge >= 0.3 is 0 Å². The second kappa shape index (κ2) is 6.33. The van der Waals surface area contributed by atoms with Crippen LogP contribution < -0.4 is 5.32 Å². The SMILES string of the molecule is O=[N+]([O-])c1ccccc1NC1O[C@H](CO)[C@@H](O)[C@H](O)[C@H]1O. The molecule has 0 aromatic heterocycles. The molecule has 1 heterocycles. The van der Waals surface area contributed by atoms with E-state index in [1.165, 1.54) is 18.2 Å². The van der Waals surface area contributed by atoms with Gasteiger partial charge in [-0.05, 0) is 6.07 Å². The predicted octanol–water partition coefficient (Wildman–Crippen LogP) is -1.19. The third-order valence-electron chi connectivity index (χ3n) is 3.29. The molecule has 2 rings (SSSR count). The van der Waals surface area contributed by atoms with E-state index in [0.29, 0.717) is 0 Å². The summed E-state index contributed by atoms with van der Waals surface area (Å²) in [5.41, 5.74) is -0.138. The first kappa shape index (κ1) is 15.6. The summed E-state index contributed by atoms with van der Waals surface area (Å²) >= 11 is 0. The minimum Gasteiger partial charge on any atom is -0.394 e. The zero-order valence-corrected chi connectivity index (χ0v) is 10.9. The maximum Gasteiger partial charge on any atom is 0.292 e. The highest BCUT2D eigenvalue weighted by Gasteiger charge is 2.43. The maximum atomic E-state index is 10.9. The minimum absolute atomic E-state index is 0.0897. The van der Waals surface area contributed by atoms with E-state index in [0.717, 1.165) is 0 Å². The van der Waals surface area contributed by atoms with Gasteiger partial charge in [0.05, 0.1) is 11.5 Å². The van der Waals surface area contributed by atoms with Crippen molar-refractivity contribution in [2.24, 2.45) is 0 Å². The number of aliphatic hydroxyl groups is 4. The van der Waals surface area contributed by atoms with Crippen molar-refractivity contribution in [1.82, 2.24) is 0 Å². The van der Waals surface area contributed by atoms with Gasteiger partial charge in [-0.15, -0.1) is 0 Å². The zero-order chi connectivity index (χ0) is 15.6. The highest BCUT2D eigenvalue weighted by atomic mass is 16.6. The summed E-state index contributed by atoms with van der Waals surface area (Å²) in [6.45, 7) is -0.569. The van der Waals surface area contributed by atoms with Gasteiger partial charge in [0, 0.05) is 6.07 Å². The standard InChI is InChI=1S/C12H16N2O7/c15-5-8-9(16)10(17)11(18)12(21-8)13-6-3-1-2-4-7(6)14(19)20/h1-4,8-13,15-18H,5H2/t8-,9-,10+,11-,12?/m1/s1. The lowest BCUT2D eigenvalue weighted by Gasteiger charge is -2.40. The van der Waals surface area contributed by atoms with E-state index in [2.05, 4.69) is 5.32 Å². The van der Waals surface area contributed by atoms with Gasteiger partial charge in [0.1, 0.15) is 30.1 Å². The topological polar surface area (TPSA) is 145 Å². The van der Waals surface area contributed by atoms with Crippen LogP contribution in [-0.4, -0.2) is 62.6 Å². The molecule has 9 nitrogen and oxygen atoms in total. The van der Waals surface area contributed by atoms with Crippen LogP contribution in [0.5, 0.6) is 0 Å². The van der Waals surface area contributed by atoms with E-state index in [9.17, 15) is 25.4 Å². The molecule has 0 saturated carbocycles. The van der Waals surface area contributed by atoms with E-state index in [-0.39, 0.29) is 11.4 Å². The van der Waals surface area contributed by atoms with Crippen molar-refractivity contribution in [2.45, 2.75) is 30.6 Å². The van der Waals surface area contributed by atoms with Crippen molar-refractivity contribution < 1.29 is 30.1 Å². The van der Waals surface area contributed by atoms with Crippen LogP contribution in [0.15, 0.2) is 24.3 Å². The molecule has 0 bridgehead atoms. The Morgan fingerprint density at radius 1 is 1.19 bits per heavy atom. The molecule has 116 valence electrons. The van der Waals surface area contributed by atoms with Crippen LogP contribution in [0, 0.1) is 10.1 Å². The number of para-hydroxylation sites is 2. The molecule has 0 aliphatic carbocycles. The highest BCUT2D eigenvalue weighted by Crippen LogP contribution is 2.28. The Hall–Kier alpha value is -1.78. The summed E-state index contributed by atoms with van der Waals surface area (Å²) in [5.74, 6) is 0. The van der Waals surface area contributed by atoms with Crippen molar-refractivity contribution in [3.63, 3.8) is 0 Å². The lowest BCUT2D eigenvalue weighted by atomic mass is 9.98. The van der Waals surface area contributed by atoms with E-state index in [1.54, 1.807) is 6.07 Å². The van der Waals surface area contributed by atoms with E-state index >= 15 is 0 Å². The molecular weight excluding hydrogens is 284 g/mol. The minimum atomic E-state index is -1.55. The second-order valence-corrected chi connectivity index (χ2v) is 4.67. The van der Waals surface area contributed by atoms with Gasteiger partial charge in [-0.2, -0.15) is 0 Å². The molecule has 1 aromatic carbocycles. The molecule has 21 heavy (non-hydrogen) atoms. The molecule has 0 spiro atoms. The predicted molar refractivity (Wildman–Crippen MR) is 70.5 cm³/mol. The van der Waals surface area contributed by atoms with E-state index in [1.807, 2.05) is 0 Å². The molecule has 0 radical (unpaired) electrons. The number of aliphatic hydroxyl groups excluding tert-OH is 4. The largest absolute Gasteiger partial charge is 0.394 e. The summed E-state index contributed by atoms with van der Waals surface area (Å²) in [6, 6.07) is 5.72. The second-order valence-electron chi connectivity index (χ2n) is 4.67. The maximum absolute atomic E-state index is 10.9. The lowest BCUT2D eigenvalue weighted by Crippen LogP contribution is -2.60. The number of nitro benzene ring substituents is 1. The molecule has 1 aliphatic rings. The van der Waals surface area contributed by atoms with Gasteiger partial charge in [0.2, 0.25) is 0 Å². The van der Waals surface area contributed by atoms with Gasteiger partial charge in [-0.25, -0.2) is 0 Å². The molecule has 1 aromatic rings. The van der Waals surface area contributed by atoms with Crippen LogP contribution in [0.4, 0.5) is 11.4 Å². The Morgan fingerprint density at radius 3 is 2.48 bits per heavy atom. The van der Waals surface area contributed by atoms with E-state index in [4.69, 9.17) is 9.84 Å². The highest BCUT2D eigenvalue weighted by molar-refractivity contribution is 5.61. The Kier molecular flexibility index (Phi) is 4.70. The lowest BCUT2D eigenvalue weighted by molar-refractivity contribution is -0.384. The van der Waals surface area contributed by atoms with Gasteiger partial charge < -0.3 is 30.5 Å². The summed E-state index contributed by atoms with van der Waals surface area (Å²) in [7, 11) is 0. The number of nitro groups is 1. The van der Waals surface area contributed by atoms with Crippen LogP contribution >= 0.6 is 0 Å². The van der Waals surface area contributed by atoms with Crippen LogP contribution in [0.3, 0.4) is 0 Å². The normalized spacial score (nSPS) is 32.7. The first-order valence-electron chi connectivity index (χ1n) is 6.26. The summed E-state index contributed by atoms with van der Waals surface area (Å²) in [4.78, 5) is 10.3. The summed E-state index contributed by atoms with van der Waals surface area (Å²) < 4.78 is 5.23. The van der Waals surface area contributed by atoms with Crippen molar-refractivity contribution in [2.75, 3.05) is 11.9 Å². The fraction of sp³-hybridized carbons (Fsp3) is 0.500. The average molecular weight is 300 g/mol. The van der Waals surface area contributed by atoms with Crippen LogP contribution in [0.25, 0.3) is 0 Å². The molecule has 1 unspecified atom stereocenters. The number of nitrogens with one attached hydrogen (secondary N) is 1. The Morgan fingerprint density at radius 2 is 1.86 bits per heavy atom. The molecule has 9 heteroatoms. The average Bonchev–Trinajstić information content (AvgIpc) is 2.48.